The largest absolute Gasteiger partial charge is 0.462 e. The van der Waals surface area contributed by atoms with Gasteiger partial charge in [0.15, 0.2) is 5.78 Å². The van der Waals surface area contributed by atoms with E-state index in [4.69, 9.17) is 4.74 Å². The quantitative estimate of drug-likeness (QED) is 0.537. The molecule has 2 aromatic rings. The Morgan fingerprint density at radius 1 is 1.14 bits per heavy atom. The topological polar surface area (TPSA) is 75.7 Å². The van der Waals surface area contributed by atoms with Gasteiger partial charge in [-0.15, -0.1) is 11.3 Å². The molecule has 2 rings (SSSR count). The third-order valence-electron chi connectivity index (χ3n) is 4.19. The maximum Gasteiger partial charge on any atom is 0.341 e. The Hall–Kier alpha value is -2.51. The number of Topliss-reactive ketones (excluding diaryl/α,β-unsaturated/α-hetero) is 1. The lowest BCUT2D eigenvalue weighted by atomic mass is 10.1. The number of nitrogens with zero attached hydrogens (tertiary/aromatic N) is 1. The zero-order valence-electron chi connectivity index (χ0n) is 16.9. The lowest BCUT2D eigenvalue weighted by Gasteiger charge is -2.16. The van der Waals surface area contributed by atoms with Gasteiger partial charge in [-0.2, -0.15) is 0 Å². The normalized spacial score (nSPS) is 10.8. The van der Waals surface area contributed by atoms with Crippen LogP contribution in [0.2, 0.25) is 0 Å². The summed E-state index contributed by atoms with van der Waals surface area (Å²) in [5.74, 6) is -0.936. The molecule has 0 atom stereocenters. The van der Waals surface area contributed by atoms with Crippen molar-refractivity contribution in [3.63, 3.8) is 0 Å². The average molecular weight is 403 g/mol. The number of carbonyl (C=O) groups is 3. The van der Waals surface area contributed by atoms with E-state index in [1.807, 2.05) is 43.1 Å². The summed E-state index contributed by atoms with van der Waals surface area (Å²) in [6.45, 7) is 7.87. The van der Waals surface area contributed by atoms with Crippen LogP contribution in [-0.4, -0.2) is 42.8 Å². The molecule has 0 saturated carbocycles. The van der Waals surface area contributed by atoms with Crippen LogP contribution in [0.4, 0.5) is 5.00 Å². The summed E-state index contributed by atoms with van der Waals surface area (Å²) in [6.07, 6.45) is 0. The predicted molar refractivity (Wildman–Crippen MR) is 111 cm³/mol. The first-order valence-electron chi connectivity index (χ1n) is 9.08. The second-order valence-corrected chi connectivity index (χ2v) is 7.76. The lowest BCUT2D eigenvalue weighted by molar-refractivity contribution is -0.117. The Labute approximate surface area is 169 Å². The summed E-state index contributed by atoms with van der Waals surface area (Å²) < 4.78 is 5.09. The Morgan fingerprint density at radius 2 is 1.79 bits per heavy atom. The predicted octanol–water partition coefficient (Wildman–Crippen LogP) is 3.81. The maximum atomic E-state index is 12.5. The van der Waals surface area contributed by atoms with Gasteiger partial charge in [0.2, 0.25) is 5.91 Å². The van der Waals surface area contributed by atoms with Gasteiger partial charge in [0.1, 0.15) is 5.00 Å². The highest BCUT2D eigenvalue weighted by Gasteiger charge is 2.25. The molecule has 0 saturated heterocycles. The number of ketones is 1. The van der Waals surface area contributed by atoms with Crippen molar-refractivity contribution in [2.24, 2.45) is 0 Å². The molecule has 0 bridgehead atoms. The molecule has 150 valence electrons. The molecule has 7 heteroatoms. The van der Waals surface area contributed by atoms with Crippen LogP contribution in [0.3, 0.4) is 0 Å². The molecule has 1 aromatic carbocycles. The van der Waals surface area contributed by atoms with Crippen molar-refractivity contribution in [3.05, 3.63) is 51.4 Å². The fourth-order valence-electron chi connectivity index (χ4n) is 2.86. The molecule has 0 aliphatic rings. The van der Waals surface area contributed by atoms with Crippen LogP contribution < -0.4 is 5.32 Å². The molecule has 0 unspecified atom stereocenters. The lowest BCUT2D eigenvalue weighted by Crippen LogP contribution is -2.30. The highest BCUT2D eigenvalue weighted by molar-refractivity contribution is 7.18. The minimum Gasteiger partial charge on any atom is -0.462 e. The highest BCUT2D eigenvalue weighted by Crippen LogP contribution is 2.34. The average Bonchev–Trinajstić information content (AvgIpc) is 2.93. The van der Waals surface area contributed by atoms with Gasteiger partial charge in [0.05, 0.1) is 23.6 Å². The Bertz CT molecular complexity index is 871. The van der Waals surface area contributed by atoms with E-state index in [0.29, 0.717) is 22.0 Å². The molecule has 0 aliphatic carbocycles. The number of hydrogen-bond acceptors (Lipinski definition) is 6. The van der Waals surface area contributed by atoms with Crippen LogP contribution in [0.25, 0.3) is 0 Å². The Morgan fingerprint density at radius 3 is 2.36 bits per heavy atom. The molecular formula is C21H26N2O4S. The van der Waals surface area contributed by atoms with Gasteiger partial charge in [-0.3, -0.25) is 14.5 Å². The zero-order valence-corrected chi connectivity index (χ0v) is 17.7. The van der Waals surface area contributed by atoms with E-state index in [0.717, 1.165) is 16.9 Å². The number of anilines is 1. The molecule has 0 aliphatic heterocycles. The van der Waals surface area contributed by atoms with E-state index in [1.54, 1.807) is 13.8 Å². The van der Waals surface area contributed by atoms with Gasteiger partial charge in [-0.1, -0.05) is 29.8 Å². The smallest absolute Gasteiger partial charge is 0.341 e. The number of amides is 1. The third-order valence-corrected chi connectivity index (χ3v) is 5.49. The van der Waals surface area contributed by atoms with Crippen molar-refractivity contribution in [2.75, 3.05) is 25.5 Å². The zero-order chi connectivity index (χ0) is 20.8. The van der Waals surface area contributed by atoms with Gasteiger partial charge in [-0.05, 0) is 45.9 Å². The summed E-state index contributed by atoms with van der Waals surface area (Å²) >= 11 is 1.11. The third kappa shape index (κ3) is 5.50. The molecular weight excluding hydrogens is 376 g/mol. The molecule has 1 amide bonds. The SMILES string of the molecule is CCOC(=O)c1c(NC(=O)CN(C)Cc2ccc(C)cc2)sc(C(C)=O)c1C. The van der Waals surface area contributed by atoms with Crippen LogP contribution in [0.15, 0.2) is 24.3 Å². The van der Waals surface area contributed by atoms with E-state index < -0.39 is 5.97 Å². The standard InChI is InChI=1S/C21H26N2O4S/c1-6-27-21(26)18-14(3)19(15(4)24)28-20(18)22-17(25)12-23(5)11-16-9-7-13(2)8-10-16/h7-10H,6,11-12H2,1-5H3,(H,22,25). The summed E-state index contributed by atoms with van der Waals surface area (Å²) in [6, 6.07) is 8.13. The molecule has 6 nitrogen and oxygen atoms in total. The number of aryl methyl sites for hydroxylation is 1. The molecule has 28 heavy (non-hydrogen) atoms. The number of nitrogens with one attached hydrogen (secondary N) is 1. The number of rotatable bonds is 8. The highest BCUT2D eigenvalue weighted by atomic mass is 32.1. The monoisotopic (exact) mass is 402 g/mol. The van der Waals surface area contributed by atoms with Gasteiger partial charge in [-0.25, -0.2) is 4.79 Å². The van der Waals surface area contributed by atoms with Crippen LogP contribution in [-0.2, 0) is 16.1 Å². The molecule has 0 radical (unpaired) electrons. The van der Waals surface area contributed by atoms with Crippen molar-refractivity contribution < 1.29 is 19.1 Å². The number of carbonyl (C=O) groups excluding carboxylic acids is 3. The first-order chi connectivity index (χ1) is 13.2. The maximum absolute atomic E-state index is 12.5. The molecule has 1 heterocycles. The van der Waals surface area contributed by atoms with E-state index in [1.165, 1.54) is 12.5 Å². The summed E-state index contributed by atoms with van der Waals surface area (Å²) in [5, 5.41) is 3.13. The second-order valence-electron chi connectivity index (χ2n) is 6.74. The fourth-order valence-corrected chi connectivity index (χ4v) is 3.97. The number of esters is 1. The van der Waals surface area contributed by atoms with Gasteiger partial charge >= 0.3 is 5.97 Å². The number of benzene rings is 1. The molecule has 0 spiro atoms. The summed E-state index contributed by atoms with van der Waals surface area (Å²) in [7, 11) is 1.85. The minimum atomic E-state index is -0.535. The summed E-state index contributed by atoms with van der Waals surface area (Å²) in [4.78, 5) is 39.0. The van der Waals surface area contributed by atoms with Gasteiger partial charge in [0.25, 0.3) is 0 Å². The van der Waals surface area contributed by atoms with E-state index in [-0.39, 0.29) is 30.4 Å². The van der Waals surface area contributed by atoms with Crippen molar-refractivity contribution >= 4 is 34.0 Å². The van der Waals surface area contributed by atoms with Crippen LogP contribution in [0.1, 0.15) is 50.6 Å². The number of thiophene rings is 1. The van der Waals surface area contributed by atoms with E-state index in [2.05, 4.69) is 5.32 Å². The number of ether oxygens (including phenoxy) is 1. The number of likely N-dealkylation sites (N-methyl/N-ethyl adjacent to an activating group) is 1. The van der Waals surface area contributed by atoms with Crippen molar-refractivity contribution in [3.8, 4) is 0 Å². The Balaban J connectivity index is 2.11. The van der Waals surface area contributed by atoms with Crippen LogP contribution in [0, 0.1) is 13.8 Å². The first kappa shape index (κ1) is 21.8. The minimum absolute atomic E-state index is 0.148. The van der Waals surface area contributed by atoms with Crippen molar-refractivity contribution in [1.29, 1.82) is 0 Å². The van der Waals surface area contributed by atoms with Gasteiger partial charge < -0.3 is 10.1 Å². The van der Waals surface area contributed by atoms with Gasteiger partial charge in [0, 0.05) is 6.54 Å². The molecule has 1 aromatic heterocycles. The van der Waals surface area contributed by atoms with Crippen LogP contribution >= 0.6 is 11.3 Å². The van der Waals surface area contributed by atoms with Crippen molar-refractivity contribution in [1.82, 2.24) is 4.90 Å². The molecule has 0 fully saturated rings. The Kier molecular flexibility index (Phi) is 7.48. The fraction of sp³-hybridized carbons (Fsp3) is 0.381. The first-order valence-corrected chi connectivity index (χ1v) is 9.90. The second kappa shape index (κ2) is 9.61. The van der Waals surface area contributed by atoms with E-state index in [9.17, 15) is 14.4 Å². The van der Waals surface area contributed by atoms with Crippen LogP contribution in [0.5, 0.6) is 0 Å². The molecule has 1 N–H and O–H groups in total. The summed E-state index contributed by atoms with van der Waals surface area (Å²) in [5.41, 5.74) is 3.09. The van der Waals surface area contributed by atoms with E-state index >= 15 is 0 Å². The number of hydrogen-bond donors (Lipinski definition) is 1. The van der Waals surface area contributed by atoms with Crippen molar-refractivity contribution in [2.45, 2.75) is 34.2 Å².